The summed E-state index contributed by atoms with van der Waals surface area (Å²) in [5, 5.41) is 0.844. The Morgan fingerprint density at radius 2 is 1.87 bits per heavy atom. The summed E-state index contributed by atoms with van der Waals surface area (Å²) < 4.78 is 0. The SMILES string of the molecule is Cc1c(Cl)ccc2c1CN(Cc1ccc(N(C)C)cc1)C2CN. The molecule has 4 heteroatoms. The Labute approximate surface area is 143 Å². The third-order valence-corrected chi connectivity index (χ3v) is 5.20. The molecule has 0 saturated heterocycles. The molecule has 0 amide bonds. The molecule has 0 radical (unpaired) electrons. The molecule has 1 atom stereocenters. The van der Waals surface area contributed by atoms with Gasteiger partial charge in [-0.1, -0.05) is 29.8 Å². The summed E-state index contributed by atoms with van der Waals surface area (Å²) in [6, 6.07) is 13.1. The van der Waals surface area contributed by atoms with Crippen LogP contribution in [0.2, 0.25) is 5.02 Å². The standard InChI is InChI=1S/C19H24ClN3/c1-13-17-12-23(19(10-21)16(17)8-9-18(13)20)11-14-4-6-15(7-5-14)22(2)3/h4-9,19H,10-12,21H2,1-3H3. The molecular formula is C19H24ClN3. The topological polar surface area (TPSA) is 32.5 Å². The fourth-order valence-electron chi connectivity index (χ4n) is 3.36. The molecule has 2 aromatic carbocycles. The molecule has 0 saturated carbocycles. The zero-order valence-corrected chi connectivity index (χ0v) is 14.8. The van der Waals surface area contributed by atoms with E-state index in [1.807, 2.05) is 6.07 Å². The Hall–Kier alpha value is -1.55. The molecule has 1 aliphatic heterocycles. The normalized spacial score (nSPS) is 17.3. The van der Waals surface area contributed by atoms with Gasteiger partial charge in [0.15, 0.2) is 0 Å². The number of halogens is 1. The number of nitrogens with two attached hydrogens (primary N) is 1. The zero-order valence-electron chi connectivity index (χ0n) is 14.0. The lowest BCUT2D eigenvalue weighted by Gasteiger charge is -2.24. The average molecular weight is 330 g/mol. The van der Waals surface area contributed by atoms with E-state index in [0.29, 0.717) is 6.54 Å². The first kappa shape index (κ1) is 16.3. The molecule has 0 fully saturated rings. The fourth-order valence-corrected chi connectivity index (χ4v) is 3.53. The van der Waals surface area contributed by atoms with E-state index < -0.39 is 0 Å². The zero-order chi connectivity index (χ0) is 16.6. The smallest absolute Gasteiger partial charge is 0.0480 e. The Morgan fingerprint density at radius 3 is 2.48 bits per heavy atom. The van der Waals surface area contributed by atoms with Crippen molar-refractivity contribution in [3.05, 3.63) is 63.7 Å². The van der Waals surface area contributed by atoms with Gasteiger partial charge in [0, 0.05) is 50.5 Å². The Bertz CT molecular complexity index is 695. The van der Waals surface area contributed by atoms with Gasteiger partial charge >= 0.3 is 0 Å². The van der Waals surface area contributed by atoms with E-state index in [9.17, 15) is 0 Å². The number of fused-ring (bicyclic) bond motifs is 1. The van der Waals surface area contributed by atoms with Crippen LogP contribution >= 0.6 is 11.6 Å². The minimum Gasteiger partial charge on any atom is -0.378 e. The van der Waals surface area contributed by atoms with Crippen LogP contribution in [0.4, 0.5) is 5.69 Å². The van der Waals surface area contributed by atoms with Crippen LogP contribution in [-0.2, 0) is 13.1 Å². The van der Waals surface area contributed by atoms with Gasteiger partial charge in [-0.2, -0.15) is 0 Å². The third kappa shape index (κ3) is 3.09. The van der Waals surface area contributed by atoms with Crippen LogP contribution in [0, 0.1) is 6.92 Å². The van der Waals surface area contributed by atoms with Gasteiger partial charge in [-0.05, 0) is 47.4 Å². The molecule has 1 heterocycles. The van der Waals surface area contributed by atoms with Crippen molar-refractivity contribution < 1.29 is 0 Å². The summed E-state index contributed by atoms with van der Waals surface area (Å²) in [5.74, 6) is 0. The molecule has 2 N–H and O–H groups in total. The summed E-state index contributed by atoms with van der Waals surface area (Å²) in [6.45, 7) is 4.55. The van der Waals surface area contributed by atoms with Crippen LogP contribution in [0.3, 0.4) is 0 Å². The molecule has 0 aliphatic carbocycles. The van der Waals surface area contributed by atoms with Crippen molar-refractivity contribution in [1.29, 1.82) is 0 Å². The van der Waals surface area contributed by atoms with Crippen molar-refractivity contribution in [3.63, 3.8) is 0 Å². The second-order valence-electron chi connectivity index (χ2n) is 6.46. The maximum Gasteiger partial charge on any atom is 0.0480 e. The van der Waals surface area contributed by atoms with Crippen molar-refractivity contribution in [1.82, 2.24) is 4.90 Å². The first-order valence-corrected chi connectivity index (χ1v) is 8.37. The quantitative estimate of drug-likeness (QED) is 0.927. The van der Waals surface area contributed by atoms with Gasteiger partial charge in [0.25, 0.3) is 0 Å². The molecule has 23 heavy (non-hydrogen) atoms. The molecule has 122 valence electrons. The van der Waals surface area contributed by atoms with E-state index in [-0.39, 0.29) is 6.04 Å². The van der Waals surface area contributed by atoms with Gasteiger partial charge in [-0.3, -0.25) is 4.90 Å². The summed E-state index contributed by atoms with van der Waals surface area (Å²) >= 11 is 6.28. The second-order valence-corrected chi connectivity index (χ2v) is 6.86. The summed E-state index contributed by atoms with van der Waals surface area (Å²) in [4.78, 5) is 4.56. The number of benzene rings is 2. The molecule has 1 unspecified atom stereocenters. The van der Waals surface area contributed by atoms with Crippen molar-refractivity contribution >= 4 is 17.3 Å². The van der Waals surface area contributed by atoms with Gasteiger partial charge in [-0.15, -0.1) is 0 Å². The molecule has 0 spiro atoms. The largest absolute Gasteiger partial charge is 0.378 e. The van der Waals surface area contributed by atoms with Gasteiger partial charge < -0.3 is 10.6 Å². The number of nitrogens with zero attached hydrogens (tertiary/aromatic N) is 2. The van der Waals surface area contributed by atoms with E-state index in [2.05, 4.69) is 61.2 Å². The van der Waals surface area contributed by atoms with E-state index in [0.717, 1.165) is 18.1 Å². The lowest BCUT2D eigenvalue weighted by Crippen LogP contribution is -2.27. The minimum atomic E-state index is 0.273. The van der Waals surface area contributed by atoms with E-state index in [1.54, 1.807) is 0 Å². The molecule has 2 aromatic rings. The van der Waals surface area contributed by atoms with Gasteiger partial charge in [0.1, 0.15) is 0 Å². The van der Waals surface area contributed by atoms with E-state index >= 15 is 0 Å². The van der Waals surface area contributed by atoms with Crippen LogP contribution in [0.15, 0.2) is 36.4 Å². The van der Waals surface area contributed by atoms with Gasteiger partial charge in [-0.25, -0.2) is 0 Å². The van der Waals surface area contributed by atoms with Crippen LogP contribution in [-0.4, -0.2) is 25.5 Å². The molecule has 0 bridgehead atoms. The molecule has 0 aromatic heterocycles. The maximum atomic E-state index is 6.28. The highest BCUT2D eigenvalue weighted by molar-refractivity contribution is 6.31. The van der Waals surface area contributed by atoms with Crippen molar-refractivity contribution in [2.45, 2.75) is 26.1 Å². The van der Waals surface area contributed by atoms with Crippen LogP contribution in [0.25, 0.3) is 0 Å². The monoisotopic (exact) mass is 329 g/mol. The van der Waals surface area contributed by atoms with Crippen molar-refractivity contribution in [2.75, 3.05) is 25.5 Å². The van der Waals surface area contributed by atoms with Crippen LogP contribution in [0.5, 0.6) is 0 Å². The molecule has 3 rings (SSSR count). The Morgan fingerprint density at radius 1 is 1.17 bits per heavy atom. The number of rotatable bonds is 4. The van der Waals surface area contributed by atoms with E-state index in [4.69, 9.17) is 17.3 Å². The van der Waals surface area contributed by atoms with Gasteiger partial charge in [0.05, 0.1) is 0 Å². The summed E-state index contributed by atoms with van der Waals surface area (Å²) in [7, 11) is 4.12. The fraction of sp³-hybridized carbons (Fsp3) is 0.368. The Balaban J connectivity index is 1.82. The predicted octanol–water partition coefficient (Wildman–Crippen LogP) is 3.73. The maximum absolute atomic E-state index is 6.28. The van der Waals surface area contributed by atoms with Gasteiger partial charge in [0.2, 0.25) is 0 Å². The summed E-state index contributed by atoms with van der Waals surface area (Å²) in [5.41, 5.74) is 12.5. The molecule has 1 aliphatic rings. The highest BCUT2D eigenvalue weighted by atomic mass is 35.5. The van der Waals surface area contributed by atoms with Crippen molar-refractivity contribution in [3.8, 4) is 0 Å². The Kier molecular flexibility index (Phi) is 4.62. The first-order valence-electron chi connectivity index (χ1n) is 7.99. The average Bonchev–Trinajstić information content (AvgIpc) is 2.89. The number of hydrogen-bond donors (Lipinski definition) is 1. The highest BCUT2D eigenvalue weighted by Gasteiger charge is 2.30. The van der Waals surface area contributed by atoms with Crippen LogP contribution in [0.1, 0.15) is 28.3 Å². The molecule has 3 nitrogen and oxygen atoms in total. The van der Waals surface area contributed by atoms with Crippen LogP contribution < -0.4 is 10.6 Å². The first-order chi connectivity index (χ1) is 11.0. The predicted molar refractivity (Wildman–Crippen MR) is 98.0 cm³/mol. The van der Waals surface area contributed by atoms with E-state index in [1.165, 1.54) is 27.9 Å². The minimum absolute atomic E-state index is 0.273. The lowest BCUT2D eigenvalue weighted by molar-refractivity contribution is 0.211. The third-order valence-electron chi connectivity index (χ3n) is 4.79. The lowest BCUT2D eigenvalue weighted by atomic mass is 10.0. The number of anilines is 1. The second kappa shape index (κ2) is 6.52. The van der Waals surface area contributed by atoms with Crippen molar-refractivity contribution in [2.24, 2.45) is 5.73 Å². The summed E-state index contributed by atoms with van der Waals surface area (Å²) in [6.07, 6.45) is 0. The molecular weight excluding hydrogens is 306 g/mol. The highest BCUT2D eigenvalue weighted by Crippen LogP contribution is 2.38. The number of hydrogen-bond acceptors (Lipinski definition) is 3.